The number of methoxy groups -OCH3 is 1. The van der Waals surface area contributed by atoms with E-state index in [4.69, 9.17) is 4.74 Å². The minimum Gasteiger partial charge on any atom is -0.383 e. The molecule has 0 aromatic carbocycles. The van der Waals surface area contributed by atoms with Crippen molar-refractivity contribution in [1.29, 1.82) is 0 Å². The van der Waals surface area contributed by atoms with Crippen molar-refractivity contribution in [2.24, 2.45) is 5.92 Å². The zero-order chi connectivity index (χ0) is 13.5. The summed E-state index contributed by atoms with van der Waals surface area (Å²) in [5, 5.41) is 6.29. The van der Waals surface area contributed by atoms with Crippen LogP contribution in [0.3, 0.4) is 0 Å². The van der Waals surface area contributed by atoms with Gasteiger partial charge in [-0.05, 0) is 26.7 Å². The van der Waals surface area contributed by atoms with Crippen LogP contribution >= 0.6 is 0 Å². The molecule has 102 valence electrons. The maximum atomic E-state index is 11.6. The van der Waals surface area contributed by atoms with Gasteiger partial charge in [-0.15, -0.1) is 0 Å². The van der Waals surface area contributed by atoms with Gasteiger partial charge >= 0.3 is 0 Å². The van der Waals surface area contributed by atoms with E-state index >= 15 is 0 Å². The lowest BCUT2D eigenvalue weighted by molar-refractivity contribution is -0.122. The van der Waals surface area contributed by atoms with Gasteiger partial charge in [0.1, 0.15) is 0 Å². The molecule has 1 amide bonds. The van der Waals surface area contributed by atoms with Crippen LogP contribution in [0.5, 0.6) is 0 Å². The first kappa shape index (κ1) is 16.4. The molecule has 0 rings (SSSR count). The van der Waals surface area contributed by atoms with Crippen LogP contribution in [-0.4, -0.2) is 37.7 Å². The van der Waals surface area contributed by atoms with Gasteiger partial charge in [-0.25, -0.2) is 0 Å². The molecule has 0 bridgehead atoms. The van der Waals surface area contributed by atoms with Gasteiger partial charge in [0.25, 0.3) is 0 Å². The number of hydrogen-bond acceptors (Lipinski definition) is 3. The summed E-state index contributed by atoms with van der Waals surface area (Å²) in [6.07, 6.45) is 0.504. The van der Waals surface area contributed by atoms with Gasteiger partial charge in [0.15, 0.2) is 0 Å². The SMILES string of the molecule is COCC(NCCC(=O)NC(C)(C)C)C(C)C. The number of ether oxygens (including phenoxy) is 1. The molecule has 0 heterocycles. The maximum Gasteiger partial charge on any atom is 0.221 e. The van der Waals surface area contributed by atoms with Crippen molar-refractivity contribution in [3.05, 3.63) is 0 Å². The second-order valence-electron chi connectivity index (χ2n) is 5.81. The molecule has 0 spiro atoms. The van der Waals surface area contributed by atoms with E-state index in [1.165, 1.54) is 0 Å². The van der Waals surface area contributed by atoms with E-state index in [-0.39, 0.29) is 11.4 Å². The van der Waals surface area contributed by atoms with E-state index in [0.29, 0.717) is 31.5 Å². The largest absolute Gasteiger partial charge is 0.383 e. The first-order valence-electron chi connectivity index (χ1n) is 6.29. The standard InChI is InChI=1S/C13H28N2O2/c1-10(2)11(9-17-6)14-8-7-12(16)15-13(3,4)5/h10-11,14H,7-9H2,1-6H3,(H,15,16). The highest BCUT2D eigenvalue weighted by Gasteiger charge is 2.15. The fourth-order valence-corrected chi connectivity index (χ4v) is 1.52. The number of nitrogens with one attached hydrogen (secondary N) is 2. The van der Waals surface area contributed by atoms with Crippen LogP contribution in [0.25, 0.3) is 0 Å². The molecule has 0 aliphatic carbocycles. The highest BCUT2D eigenvalue weighted by molar-refractivity contribution is 5.76. The molecule has 0 aliphatic heterocycles. The molecule has 1 unspecified atom stereocenters. The van der Waals surface area contributed by atoms with E-state index in [1.54, 1.807) is 7.11 Å². The summed E-state index contributed by atoms with van der Waals surface area (Å²) < 4.78 is 5.14. The molecule has 2 N–H and O–H groups in total. The average molecular weight is 244 g/mol. The van der Waals surface area contributed by atoms with Crippen LogP contribution in [0.15, 0.2) is 0 Å². The van der Waals surface area contributed by atoms with E-state index in [1.807, 2.05) is 20.8 Å². The Morgan fingerprint density at radius 2 is 1.88 bits per heavy atom. The minimum atomic E-state index is -0.152. The van der Waals surface area contributed by atoms with Crippen LogP contribution in [-0.2, 0) is 9.53 Å². The molecule has 0 fully saturated rings. The predicted octanol–water partition coefficient (Wildman–Crippen LogP) is 1.55. The molecular formula is C13H28N2O2. The van der Waals surface area contributed by atoms with Crippen molar-refractivity contribution in [3.63, 3.8) is 0 Å². The summed E-state index contributed by atoms with van der Waals surface area (Å²) >= 11 is 0. The normalized spacial score (nSPS) is 13.8. The van der Waals surface area contributed by atoms with Crippen LogP contribution in [0.4, 0.5) is 0 Å². The Hall–Kier alpha value is -0.610. The molecule has 4 nitrogen and oxygen atoms in total. The minimum absolute atomic E-state index is 0.0879. The predicted molar refractivity (Wildman–Crippen MR) is 71.0 cm³/mol. The Morgan fingerprint density at radius 3 is 2.29 bits per heavy atom. The molecule has 0 radical (unpaired) electrons. The van der Waals surface area contributed by atoms with Gasteiger partial charge in [-0.3, -0.25) is 4.79 Å². The van der Waals surface area contributed by atoms with Gasteiger partial charge in [0.2, 0.25) is 5.91 Å². The molecule has 0 aliphatic rings. The second-order valence-corrected chi connectivity index (χ2v) is 5.81. The Labute approximate surface area is 105 Å². The first-order chi connectivity index (χ1) is 7.76. The summed E-state index contributed by atoms with van der Waals surface area (Å²) in [7, 11) is 1.70. The van der Waals surface area contributed by atoms with E-state index in [9.17, 15) is 4.79 Å². The van der Waals surface area contributed by atoms with Gasteiger partial charge in [-0.1, -0.05) is 13.8 Å². The smallest absolute Gasteiger partial charge is 0.221 e. The summed E-state index contributed by atoms with van der Waals surface area (Å²) in [4.78, 5) is 11.6. The molecule has 0 aromatic rings. The Bertz CT molecular complexity index is 222. The quantitative estimate of drug-likeness (QED) is 0.714. The van der Waals surface area contributed by atoms with Gasteiger partial charge in [0.05, 0.1) is 6.61 Å². The molecule has 0 saturated carbocycles. The van der Waals surface area contributed by atoms with Crippen LogP contribution < -0.4 is 10.6 Å². The summed E-state index contributed by atoms with van der Waals surface area (Å²) in [6, 6.07) is 0.308. The first-order valence-corrected chi connectivity index (χ1v) is 6.29. The second kappa shape index (κ2) is 7.67. The van der Waals surface area contributed by atoms with Gasteiger partial charge in [0, 0.05) is 31.7 Å². The monoisotopic (exact) mass is 244 g/mol. The van der Waals surface area contributed by atoms with Crippen molar-refractivity contribution in [2.75, 3.05) is 20.3 Å². The fourth-order valence-electron chi connectivity index (χ4n) is 1.52. The Balaban J connectivity index is 3.84. The average Bonchev–Trinajstić information content (AvgIpc) is 2.13. The van der Waals surface area contributed by atoms with Gasteiger partial charge in [-0.2, -0.15) is 0 Å². The topological polar surface area (TPSA) is 50.4 Å². The summed E-state index contributed by atoms with van der Waals surface area (Å²) in [5.74, 6) is 0.588. The number of rotatable bonds is 7. The molecular weight excluding hydrogens is 216 g/mol. The van der Waals surface area contributed by atoms with Crippen molar-refractivity contribution in [1.82, 2.24) is 10.6 Å². The Kier molecular flexibility index (Phi) is 7.39. The van der Waals surface area contributed by atoms with Crippen LogP contribution in [0, 0.1) is 5.92 Å². The lowest BCUT2D eigenvalue weighted by Crippen LogP contribution is -2.43. The molecule has 17 heavy (non-hydrogen) atoms. The van der Waals surface area contributed by atoms with Crippen molar-refractivity contribution in [2.45, 2.75) is 52.6 Å². The van der Waals surface area contributed by atoms with Crippen molar-refractivity contribution >= 4 is 5.91 Å². The zero-order valence-corrected chi connectivity index (χ0v) is 12.1. The lowest BCUT2D eigenvalue weighted by atomic mass is 10.1. The molecule has 1 atom stereocenters. The lowest BCUT2D eigenvalue weighted by Gasteiger charge is -2.23. The van der Waals surface area contributed by atoms with Crippen molar-refractivity contribution in [3.8, 4) is 0 Å². The number of hydrogen-bond donors (Lipinski definition) is 2. The Morgan fingerprint density at radius 1 is 1.29 bits per heavy atom. The summed E-state index contributed by atoms with van der Waals surface area (Å²) in [5.41, 5.74) is -0.152. The molecule has 4 heteroatoms. The van der Waals surface area contributed by atoms with E-state index < -0.39 is 0 Å². The third-order valence-corrected chi connectivity index (χ3v) is 2.42. The van der Waals surface area contributed by atoms with Crippen LogP contribution in [0.1, 0.15) is 41.0 Å². The number of carbonyl (C=O) groups excluding carboxylic acids is 1. The van der Waals surface area contributed by atoms with Crippen molar-refractivity contribution < 1.29 is 9.53 Å². The summed E-state index contributed by atoms with van der Waals surface area (Å²) in [6.45, 7) is 11.6. The molecule has 0 saturated heterocycles. The van der Waals surface area contributed by atoms with E-state index in [2.05, 4.69) is 24.5 Å². The van der Waals surface area contributed by atoms with E-state index in [0.717, 1.165) is 0 Å². The van der Waals surface area contributed by atoms with Crippen LogP contribution in [0.2, 0.25) is 0 Å². The zero-order valence-electron chi connectivity index (χ0n) is 12.1. The third kappa shape index (κ3) is 9.12. The number of amides is 1. The third-order valence-electron chi connectivity index (χ3n) is 2.42. The van der Waals surface area contributed by atoms with Gasteiger partial charge < -0.3 is 15.4 Å². The highest BCUT2D eigenvalue weighted by Crippen LogP contribution is 2.02. The number of carbonyl (C=O) groups is 1. The maximum absolute atomic E-state index is 11.6. The fraction of sp³-hybridized carbons (Fsp3) is 0.923. The molecule has 0 aromatic heterocycles. The highest BCUT2D eigenvalue weighted by atomic mass is 16.5.